The fourth-order valence-corrected chi connectivity index (χ4v) is 3.41. The molecule has 0 bridgehead atoms. The van der Waals surface area contributed by atoms with Crippen LogP contribution in [0, 0.1) is 5.92 Å². The average molecular weight is 376 g/mol. The van der Waals surface area contributed by atoms with Gasteiger partial charge in [0, 0.05) is 17.1 Å². The molecule has 1 aliphatic rings. The van der Waals surface area contributed by atoms with Crippen LogP contribution in [0.3, 0.4) is 0 Å². The highest BCUT2D eigenvalue weighted by atomic mass is 35.5. The molecule has 138 valence electrons. The number of benzene rings is 1. The molecule has 1 atom stereocenters. The molecule has 0 unspecified atom stereocenters. The lowest BCUT2D eigenvalue weighted by atomic mass is 9.97. The van der Waals surface area contributed by atoms with Gasteiger partial charge in [-0.2, -0.15) is 0 Å². The number of halogens is 1. The molecule has 0 saturated carbocycles. The van der Waals surface area contributed by atoms with Gasteiger partial charge in [-0.05, 0) is 43.7 Å². The number of piperidine rings is 1. The summed E-state index contributed by atoms with van der Waals surface area (Å²) in [5, 5.41) is 3.56. The van der Waals surface area contributed by atoms with Gasteiger partial charge < -0.3 is 15.5 Å². The Morgan fingerprint density at radius 3 is 2.92 bits per heavy atom. The Balaban J connectivity index is 1.54. The van der Waals surface area contributed by atoms with Gasteiger partial charge in [0.15, 0.2) is 0 Å². The molecule has 2 heterocycles. The van der Waals surface area contributed by atoms with Crippen molar-refractivity contribution in [2.24, 2.45) is 11.7 Å². The van der Waals surface area contributed by atoms with Crippen LogP contribution in [0.4, 0.5) is 0 Å². The summed E-state index contributed by atoms with van der Waals surface area (Å²) in [4.78, 5) is 25.4. The lowest BCUT2D eigenvalue weighted by Crippen LogP contribution is -2.45. The number of nitrogens with one attached hydrogen (secondary N) is 1. The number of carbonyl (C=O) groups excluding carboxylic acids is 2. The van der Waals surface area contributed by atoms with Crippen LogP contribution in [0.25, 0.3) is 11.3 Å². The predicted molar refractivity (Wildman–Crippen MR) is 99.4 cm³/mol. The molecular weight excluding hydrogens is 354 g/mol. The molecule has 2 aromatic rings. The summed E-state index contributed by atoms with van der Waals surface area (Å²) in [5.74, 6) is 0.862. The van der Waals surface area contributed by atoms with E-state index in [0.29, 0.717) is 29.6 Å². The van der Waals surface area contributed by atoms with E-state index in [4.69, 9.17) is 21.8 Å². The van der Waals surface area contributed by atoms with Crippen molar-refractivity contribution in [3.63, 3.8) is 0 Å². The van der Waals surface area contributed by atoms with E-state index >= 15 is 0 Å². The number of hydrogen-bond donors (Lipinski definition) is 2. The fraction of sp³-hybridized carbons (Fsp3) is 0.368. The van der Waals surface area contributed by atoms with E-state index in [2.05, 4.69) is 5.32 Å². The SMILES string of the molecule is NC(=O)CN1CCC[C@@H](C(=O)NCc2ccc(-c3cccc(Cl)c3)o2)C1. The van der Waals surface area contributed by atoms with Crippen molar-refractivity contribution in [1.29, 1.82) is 0 Å². The second kappa shape index (κ2) is 8.38. The van der Waals surface area contributed by atoms with Crippen LogP contribution in [-0.4, -0.2) is 36.3 Å². The van der Waals surface area contributed by atoms with Crippen molar-refractivity contribution in [3.8, 4) is 11.3 Å². The molecule has 3 N–H and O–H groups in total. The highest BCUT2D eigenvalue weighted by molar-refractivity contribution is 6.30. The van der Waals surface area contributed by atoms with E-state index in [1.54, 1.807) is 6.07 Å². The number of primary amides is 1. The minimum absolute atomic E-state index is 0.0279. The maximum absolute atomic E-state index is 12.4. The summed E-state index contributed by atoms with van der Waals surface area (Å²) in [6.45, 7) is 1.88. The number of nitrogens with zero attached hydrogens (tertiary/aromatic N) is 1. The Labute approximate surface area is 157 Å². The molecule has 1 aromatic heterocycles. The molecule has 1 fully saturated rings. The Morgan fingerprint density at radius 1 is 1.31 bits per heavy atom. The third-order valence-corrected chi connectivity index (χ3v) is 4.70. The van der Waals surface area contributed by atoms with Gasteiger partial charge >= 0.3 is 0 Å². The standard InChI is InChI=1S/C19H22ClN3O3/c20-15-5-1-3-13(9-15)17-7-6-16(26-17)10-22-19(25)14-4-2-8-23(11-14)12-18(21)24/h1,3,5-7,9,14H,2,4,8,10-12H2,(H2,21,24)(H,22,25)/t14-/m1/s1. The molecule has 3 rings (SSSR count). The molecule has 1 aliphatic heterocycles. The van der Waals surface area contributed by atoms with Crippen molar-refractivity contribution in [2.45, 2.75) is 19.4 Å². The Kier molecular flexibility index (Phi) is 5.96. The van der Waals surface area contributed by atoms with Gasteiger partial charge in [0.2, 0.25) is 11.8 Å². The predicted octanol–water partition coefficient (Wildman–Crippen LogP) is 2.41. The van der Waals surface area contributed by atoms with Crippen LogP contribution in [0.15, 0.2) is 40.8 Å². The van der Waals surface area contributed by atoms with Crippen LogP contribution >= 0.6 is 11.6 Å². The van der Waals surface area contributed by atoms with Gasteiger partial charge in [-0.3, -0.25) is 14.5 Å². The van der Waals surface area contributed by atoms with E-state index in [-0.39, 0.29) is 24.3 Å². The number of carbonyl (C=O) groups is 2. The fourth-order valence-electron chi connectivity index (χ4n) is 3.22. The second-order valence-electron chi connectivity index (χ2n) is 6.53. The van der Waals surface area contributed by atoms with E-state index in [9.17, 15) is 9.59 Å². The molecule has 0 radical (unpaired) electrons. The van der Waals surface area contributed by atoms with Crippen molar-refractivity contribution >= 4 is 23.4 Å². The quantitative estimate of drug-likeness (QED) is 0.811. The van der Waals surface area contributed by atoms with Crippen molar-refractivity contribution in [3.05, 3.63) is 47.2 Å². The van der Waals surface area contributed by atoms with Gasteiger partial charge in [0.1, 0.15) is 11.5 Å². The highest BCUT2D eigenvalue weighted by Gasteiger charge is 2.26. The van der Waals surface area contributed by atoms with E-state index in [1.807, 2.05) is 35.2 Å². The van der Waals surface area contributed by atoms with Crippen LogP contribution in [0.1, 0.15) is 18.6 Å². The van der Waals surface area contributed by atoms with Gasteiger partial charge in [0.05, 0.1) is 19.0 Å². The molecule has 0 aliphatic carbocycles. The smallest absolute Gasteiger partial charge is 0.231 e. The van der Waals surface area contributed by atoms with Crippen molar-refractivity contribution < 1.29 is 14.0 Å². The molecular formula is C19H22ClN3O3. The molecule has 1 saturated heterocycles. The first-order valence-corrected chi connectivity index (χ1v) is 9.02. The average Bonchev–Trinajstić information content (AvgIpc) is 3.08. The normalized spacial score (nSPS) is 17.8. The minimum Gasteiger partial charge on any atom is -0.459 e. The maximum Gasteiger partial charge on any atom is 0.231 e. The van der Waals surface area contributed by atoms with Crippen LogP contribution in [-0.2, 0) is 16.1 Å². The zero-order valence-electron chi connectivity index (χ0n) is 14.4. The van der Waals surface area contributed by atoms with E-state index in [1.165, 1.54) is 0 Å². The van der Waals surface area contributed by atoms with E-state index in [0.717, 1.165) is 24.9 Å². The summed E-state index contributed by atoms with van der Waals surface area (Å²) in [6, 6.07) is 11.1. The number of amides is 2. The first kappa shape index (κ1) is 18.5. The molecule has 26 heavy (non-hydrogen) atoms. The van der Waals surface area contributed by atoms with Crippen LogP contribution < -0.4 is 11.1 Å². The first-order valence-electron chi connectivity index (χ1n) is 8.64. The first-order chi connectivity index (χ1) is 12.5. The zero-order chi connectivity index (χ0) is 18.5. The number of nitrogens with two attached hydrogens (primary N) is 1. The largest absolute Gasteiger partial charge is 0.459 e. The minimum atomic E-state index is -0.366. The lowest BCUT2D eigenvalue weighted by Gasteiger charge is -2.30. The molecule has 6 nitrogen and oxygen atoms in total. The van der Waals surface area contributed by atoms with Gasteiger partial charge in [0.25, 0.3) is 0 Å². The molecule has 1 aromatic carbocycles. The van der Waals surface area contributed by atoms with Crippen LogP contribution in [0.5, 0.6) is 0 Å². The molecule has 0 spiro atoms. The van der Waals surface area contributed by atoms with Crippen LogP contribution in [0.2, 0.25) is 5.02 Å². The topological polar surface area (TPSA) is 88.6 Å². The molecule has 2 amide bonds. The third kappa shape index (κ3) is 4.86. The summed E-state index contributed by atoms with van der Waals surface area (Å²) >= 11 is 6.00. The summed E-state index contributed by atoms with van der Waals surface area (Å²) in [7, 11) is 0. The Bertz CT molecular complexity index is 790. The number of furan rings is 1. The summed E-state index contributed by atoms with van der Waals surface area (Å²) < 4.78 is 5.79. The molecule has 7 heteroatoms. The highest BCUT2D eigenvalue weighted by Crippen LogP contribution is 2.25. The van der Waals surface area contributed by atoms with Gasteiger partial charge in [-0.1, -0.05) is 23.7 Å². The van der Waals surface area contributed by atoms with E-state index < -0.39 is 0 Å². The Morgan fingerprint density at radius 2 is 2.15 bits per heavy atom. The monoisotopic (exact) mass is 375 g/mol. The number of likely N-dealkylation sites (tertiary alicyclic amines) is 1. The van der Waals surface area contributed by atoms with Gasteiger partial charge in [-0.25, -0.2) is 0 Å². The number of rotatable bonds is 6. The summed E-state index contributed by atoms with van der Waals surface area (Å²) in [5.41, 5.74) is 6.13. The lowest BCUT2D eigenvalue weighted by molar-refractivity contribution is -0.128. The Hall–Kier alpha value is -2.31. The second-order valence-corrected chi connectivity index (χ2v) is 6.97. The third-order valence-electron chi connectivity index (χ3n) is 4.46. The number of hydrogen-bond acceptors (Lipinski definition) is 4. The summed E-state index contributed by atoms with van der Waals surface area (Å²) in [6.07, 6.45) is 1.69. The maximum atomic E-state index is 12.4. The zero-order valence-corrected chi connectivity index (χ0v) is 15.2. The van der Waals surface area contributed by atoms with Crippen molar-refractivity contribution in [1.82, 2.24) is 10.2 Å². The van der Waals surface area contributed by atoms with Crippen molar-refractivity contribution in [2.75, 3.05) is 19.6 Å². The van der Waals surface area contributed by atoms with Gasteiger partial charge in [-0.15, -0.1) is 0 Å².